The molecule has 1 aromatic carbocycles. The number of carbonyl (C=O) groups excluding carboxylic acids is 3. The van der Waals surface area contributed by atoms with Gasteiger partial charge in [-0.15, -0.1) is 0 Å². The van der Waals surface area contributed by atoms with Gasteiger partial charge < -0.3 is 25.0 Å². The monoisotopic (exact) mass is 763 g/mol. The Labute approximate surface area is 317 Å². The van der Waals surface area contributed by atoms with Crippen molar-refractivity contribution in [1.29, 1.82) is 0 Å². The Morgan fingerprint density at radius 2 is 1.94 bits per heavy atom. The van der Waals surface area contributed by atoms with Gasteiger partial charge in [-0.2, -0.15) is 5.10 Å². The van der Waals surface area contributed by atoms with Crippen LogP contribution in [0.3, 0.4) is 0 Å². The molecule has 0 radical (unpaired) electrons. The Morgan fingerprint density at radius 3 is 2.67 bits per heavy atom. The number of nitrogens with zero attached hydrogens (tertiary/aromatic N) is 4. The summed E-state index contributed by atoms with van der Waals surface area (Å²) in [6.07, 6.45) is 12.1. The molecule has 0 spiro atoms. The first-order valence-electron chi connectivity index (χ1n) is 18.9. The maximum absolute atomic E-state index is 14.1. The number of urea groups is 1. The number of amides is 4. The molecular formula is C39H53N7O7S. The minimum Gasteiger partial charge on any atom is -0.496 e. The summed E-state index contributed by atoms with van der Waals surface area (Å²) in [6, 6.07) is 4.05. The van der Waals surface area contributed by atoms with E-state index in [0.717, 1.165) is 48.7 Å². The second-order valence-corrected chi connectivity index (χ2v) is 17.8. The molecule has 3 aliphatic rings. The predicted molar refractivity (Wildman–Crippen MR) is 205 cm³/mol. The fraction of sp³-hybridized carbons (Fsp3) is 0.564. The topological polar surface area (TPSA) is 174 Å². The lowest BCUT2D eigenvalue weighted by Gasteiger charge is -2.26. The van der Waals surface area contributed by atoms with E-state index >= 15 is 0 Å². The van der Waals surface area contributed by atoms with Gasteiger partial charge in [-0.25, -0.2) is 18.2 Å². The van der Waals surface area contributed by atoms with Gasteiger partial charge in [-0.3, -0.25) is 19.0 Å². The first-order valence-corrected chi connectivity index (χ1v) is 20.4. The smallest absolute Gasteiger partial charge is 0.317 e. The van der Waals surface area contributed by atoms with Gasteiger partial charge in [0, 0.05) is 61.3 Å². The highest BCUT2D eigenvalue weighted by molar-refractivity contribution is 7.91. The van der Waals surface area contributed by atoms with Crippen LogP contribution in [0.25, 0.3) is 22.2 Å². The summed E-state index contributed by atoms with van der Waals surface area (Å²) >= 11 is 0. The van der Waals surface area contributed by atoms with E-state index in [1.807, 2.05) is 48.2 Å². The second-order valence-electron chi connectivity index (χ2n) is 15.6. The number of rotatable bonds is 12. The van der Waals surface area contributed by atoms with Gasteiger partial charge in [0.15, 0.2) is 0 Å². The zero-order valence-corrected chi connectivity index (χ0v) is 32.9. The molecule has 3 aromatic rings. The van der Waals surface area contributed by atoms with Gasteiger partial charge in [0.1, 0.15) is 23.1 Å². The minimum atomic E-state index is -3.94. The SMILES string of the molecule is COc1ccc2c(OCC[C@@H]3NC(=O)N(C)CCCC/C=C\[C@@H]4C[C@@]4(C(=O)NS(=O)(=O)C4(C)CC4)NC3=O)cc(-c3cnn(CCC(C)C)c3)nc2c1C. The van der Waals surface area contributed by atoms with Crippen LogP contribution in [-0.2, 0) is 26.2 Å². The molecule has 2 aromatic heterocycles. The molecule has 14 nitrogen and oxygen atoms in total. The molecule has 4 amide bonds. The highest BCUT2D eigenvalue weighted by Crippen LogP contribution is 2.47. The van der Waals surface area contributed by atoms with E-state index in [9.17, 15) is 22.8 Å². The van der Waals surface area contributed by atoms with Crippen LogP contribution in [0.4, 0.5) is 4.79 Å². The molecule has 0 saturated heterocycles. The van der Waals surface area contributed by atoms with E-state index in [4.69, 9.17) is 14.5 Å². The molecule has 3 N–H and O–H groups in total. The van der Waals surface area contributed by atoms with E-state index in [0.29, 0.717) is 48.0 Å². The number of benzene rings is 1. The summed E-state index contributed by atoms with van der Waals surface area (Å²) < 4.78 is 41.3. The van der Waals surface area contributed by atoms with E-state index in [1.165, 1.54) is 4.90 Å². The molecule has 1 aliphatic heterocycles. The molecule has 2 saturated carbocycles. The number of nitrogens with one attached hydrogen (secondary N) is 3. The van der Waals surface area contributed by atoms with Gasteiger partial charge >= 0.3 is 6.03 Å². The molecule has 292 valence electrons. The zero-order valence-electron chi connectivity index (χ0n) is 32.1. The number of hydrogen-bond acceptors (Lipinski definition) is 9. The summed E-state index contributed by atoms with van der Waals surface area (Å²) in [5.41, 5.74) is 1.55. The summed E-state index contributed by atoms with van der Waals surface area (Å²) in [5, 5.41) is 11.0. The van der Waals surface area contributed by atoms with E-state index in [-0.39, 0.29) is 19.4 Å². The number of allylic oxidation sites excluding steroid dienone is 1. The summed E-state index contributed by atoms with van der Waals surface area (Å²) in [5.74, 6) is -0.0164. The third kappa shape index (κ3) is 8.35. The van der Waals surface area contributed by atoms with Crippen molar-refractivity contribution in [1.82, 2.24) is 35.0 Å². The first-order chi connectivity index (χ1) is 25.7. The van der Waals surface area contributed by atoms with Crippen molar-refractivity contribution in [2.75, 3.05) is 27.3 Å². The molecule has 0 bridgehead atoms. The standard InChI is InChI=1S/C39H53N7O7S/c1-25(2)14-19-46-24-27(23-40-46)31-21-33(29-12-13-32(52-6)26(3)34(29)41-31)53-20-15-30-35(47)43-39(36(48)44-54(50,51)38(4)16-17-38)22-28(39)11-9-7-8-10-18-45(5)37(49)42-30/h9,11-13,21,23-25,28,30H,7-8,10,14-20,22H2,1-6H3,(H,42,49)(H,43,47)(H,44,48)/b11-9-/t28-,30+,39-/m1/s1. The summed E-state index contributed by atoms with van der Waals surface area (Å²) in [4.78, 5) is 47.6. The van der Waals surface area contributed by atoms with Crippen LogP contribution in [-0.4, -0.2) is 89.6 Å². The normalized spacial score (nSPS) is 23.5. The number of methoxy groups -OCH3 is 1. The van der Waals surface area contributed by atoms with Crippen LogP contribution in [0, 0.1) is 18.8 Å². The predicted octanol–water partition coefficient (Wildman–Crippen LogP) is 4.85. The number of aryl methyl sites for hydroxylation is 2. The average Bonchev–Trinajstić information content (AvgIpc) is 4.00. The quantitative estimate of drug-likeness (QED) is 0.218. The highest BCUT2D eigenvalue weighted by atomic mass is 32.2. The highest BCUT2D eigenvalue weighted by Gasteiger charge is 2.62. The summed E-state index contributed by atoms with van der Waals surface area (Å²) in [7, 11) is -0.665. The van der Waals surface area contributed by atoms with Crippen molar-refractivity contribution in [3.63, 3.8) is 0 Å². The van der Waals surface area contributed by atoms with Gasteiger partial charge in [0.05, 0.1) is 35.9 Å². The van der Waals surface area contributed by atoms with Crippen LogP contribution in [0.2, 0.25) is 0 Å². The maximum Gasteiger partial charge on any atom is 0.317 e. The minimum absolute atomic E-state index is 0.0224. The lowest BCUT2D eigenvalue weighted by Crippen LogP contribution is -2.58. The molecule has 2 aliphatic carbocycles. The van der Waals surface area contributed by atoms with Crippen LogP contribution < -0.4 is 24.8 Å². The Bertz CT molecular complexity index is 2040. The molecule has 54 heavy (non-hydrogen) atoms. The third-order valence-corrected chi connectivity index (χ3v) is 13.1. The molecule has 2 fully saturated rings. The fourth-order valence-electron chi connectivity index (χ4n) is 6.73. The summed E-state index contributed by atoms with van der Waals surface area (Å²) in [6.45, 7) is 9.18. The van der Waals surface area contributed by atoms with Crippen molar-refractivity contribution in [3.8, 4) is 22.8 Å². The Hall–Kier alpha value is -4.66. The number of sulfonamides is 1. The van der Waals surface area contributed by atoms with E-state index < -0.39 is 50.1 Å². The molecule has 0 unspecified atom stereocenters. The Balaban J connectivity index is 1.26. The van der Waals surface area contributed by atoms with Crippen molar-refractivity contribution >= 4 is 38.8 Å². The largest absolute Gasteiger partial charge is 0.496 e. The fourth-order valence-corrected chi connectivity index (χ4v) is 8.05. The number of carbonyl (C=O) groups is 3. The van der Waals surface area contributed by atoms with Crippen LogP contribution in [0.5, 0.6) is 11.5 Å². The van der Waals surface area contributed by atoms with Gasteiger partial charge in [-0.1, -0.05) is 26.0 Å². The van der Waals surface area contributed by atoms with Crippen molar-refractivity contribution < 1.29 is 32.3 Å². The first kappa shape index (κ1) is 39.0. The van der Waals surface area contributed by atoms with Crippen molar-refractivity contribution in [3.05, 3.63) is 48.3 Å². The zero-order chi connectivity index (χ0) is 38.8. The number of pyridine rings is 1. The van der Waals surface area contributed by atoms with Crippen LogP contribution in [0.1, 0.15) is 77.7 Å². The number of hydrogen-bond donors (Lipinski definition) is 3. The van der Waals surface area contributed by atoms with Gasteiger partial charge in [0.25, 0.3) is 5.91 Å². The molecule has 6 rings (SSSR count). The Kier molecular flexibility index (Phi) is 11.3. The number of fused-ring (bicyclic) bond motifs is 2. The number of aromatic nitrogens is 3. The van der Waals surface area contributed by atoms with Crippen molar-refractivity contribution in [2.24, 2.45) is 11.8 Å². The van der Waals surface area contributed by atoms with E-state index in [1.54, 1.807) is 27.3 Å². The molecule has 15 heteroatoms. The van der Waals surface area contributed by atoms with Crippen molar-refractivity contribution in [2.45, 2.75) is 102 Å². The lowest BCUT2D eigenvalue weighted by atomic mass is 10.1. The molecule has 3 heterocycles. The maximum atomic E-state index is 14.1. The average molecular weight is 764 g/mol. The Morgan fingerprint density at radius 1 is 1.17 bits per heavy atom. The lowest BCUT2D eigenvalue weighted by molar-refractivity contribution is -0.130. The molecule has 3 atom stereocenters. The second kappa shape index (κ2) is 15.6. The van der Waals surface area contributed by atoms with Gasteiger partial charge in [-0.05, 0) is 76.8 Å². The number of ether oxygens (including phenoxy) is 2. The van der Waals surface area contributed by atoms with E-state index in [2.05, 4.69) is 34.3 Å². The molecular weight excluding hydrogens is 711 g/mol. The van der Waals surface area contributed by atoms with Crippen LogP contribution >= 0.6 is 0 Å². The third-order valence-electron chi connectivity index (χ3n) is 10.9. The van der Waals surface area contributed by atoms with Crippen LogP contribution in [0.15, 0.2) is 42.7 Å². The van der Waals surface area contributed by atoms with Gasteiger partial charge in [0.2, 0.25) is 15.9 Å².